The molecule has 0 unspecified atom stereocenters. The van der Waals surface area contributed by atoms with Gasteiger partial charge in [-0.25, -0.2) is 0 Å². The van der Waals surface area contributed by atoms with Crippen molar-refractivity contribution in [3.8, 4) is 17.1 Å². The Labute approximate surface area is 161 Å². The van der Waals surface area contributed by atoms with E-state index in [1.165, 1.54) is 18.2 Å². The van der Waals surface area contributed by atoms with Crippen LogP contribution in [0.3, 0.4) is 0 Å². The third kappa shape index (κ3) is 3.90. The van der Waals surface area contributed by atoms with Gasteiger partial charge >= 0.3 is 0 Å². The number of carbonyl (C=O) groups is 1. The van der Waals surface area contributed by atoms with Gasteiger partial charge in [0.2, 0.25) is 5.91 Å². The van der Waals surface area contributed by atoms with E-state index in [4.69, 9.17) is 4.74 Å². The first kappa shape index (κ1) is 17.8. The molecule has 1 saturated heterocycles. The molecule has 0 spiro atoms. The van der Waals surface area contributed by atoms with Gasteiger partial charge in [0.15, 0.2) is 11.5 Å². The van der Waals surface area contributed by atoms with Gasteiger partial charge in [0, 0.05) is 18.7 Å². The highest BCUT2D eigenvalue weighted by atomic mass is 32.2. The molecule has 27 heavy (non-hydrogen) atoms. The highest BCUT2D eigenvalue weighted by Gasteiger charge is 2.17. The van der Waals surface area contributed by atoms with Gasteiger partial charge in [0.25, 0.3) is 0 Å². The monoisotopic (exact) mass is 383 g/mol. The number of carbonyl (C=O) groups excluding carboxylic acids is 1. The van der Waals surface area contributed by atoms with Crippen LogP contribution in [0.4, 0.5) is 0 Å². The average molecular weight is 383 g/mol. The Bertz CT molecular complexity index is 935. The predicted molar refractivity (Wildman–Crippen MR) is 104 cm³/mol. The summed E-state index contributed by atoms with van der Waals surface area (Å²) in [5.41, 5.74) is 1.58. The molecule has 1 aromatic carbocycles. The van der Waals surface area contributed by atoms with Crippen molar-refractivity contribution in [2.75, 3.05) is 26.0 Å². The molecule has 0 atom stereocenters. The van der Waals surface area contributed by atoms with E-state index in [0.29, 0.717) is 17.2 Å². The maximum absolute atomic E-state index is 12.4. The number of rotatable bonds is 5. The molecular weight excluding hydrogens is 362 g/mol. The average Bonchev–Trinajstić information content (AvgIpc) is 3.16. The molecule has 1 amide bonds. The lowest BCUT2D eigenvalue weighted by Crippen LogP contribution is -2.36. The number of fused-ring (bicyclic) bond motifs is 1. The van der Waals surface area contributed by atoms with Crippen LogP contribution in [0.1, 0.15) is 19.3 Å². The maximum atomic E-state index is 12.4. The molecule has 0 radical (unpaired) electrons. The van der Waals surface area contributed by atoms with Crippen molar-refractivity contribution in [1.82, 2.24) is 24.7 Å². The minimum atomic E-state index is 0.181. The van der Waals surface area contributed by atoms with Crippen LogP contribution in [0, 0.1) is 0 Å². The van der Waals surface area contributed by atoms with Crippen molar-refractivity contribution >= 4 is 23.3 Å². The van der Waals surface area contributed by atoms with Crippen molar-refractivity contribution in [3.05, 3.63) is 36.4 Å². The van der Waals surface area contributed by atoms with Gasteiger partial charge in [-0.2, -0.15) is 9.61 Å². The zero-order chi connectivity index (χ0) is 18.6. The van der Waals surface area contributed by atoms with Gasteiger partial charge in [0.1, 0.15) is 10.8 Å². The summed E-state index contributed by atoms with van der Waals surface area (Å²) in [6.45, 7) is 1.75. The maximum Gasteiger partial charge on any atom is 0.232 e. The number of piperidine rings is 1. The fourth-order valence-electron chi connectivity index (χ4n) is 3.14. The summed E-state index contributed by atoms with van der Waals surface area (Å²) >= 11 is 1.45. The second-order valence-corrected chi connectivity index (χ2v) is 7.42. The van der Waals surface area contributed by atoms with Gasteiger partial charge in [-0.15, -0.1) is 10.2 Å². The molecule has 4 rings (SSSR count). The zero-order valence-electron chi connectivity index (χ0n) is 15.2. The molecule has 140 valence electrons. The number of thioether (sulfide) groups is 1. The second-order valence-electron chi connectivity index (χ2n) is 6.42. The fraction of sp³-hybridized carbons (Fsp3) is 0.368. The number of amides is 1. The smallest absolute Gasteiger partial charge is 0.232 e. The zero-order valence-corrected chi connectivity index (χ0v) is 16.0. The van der Waals surface area contributed by atoms with Gasteiger partial charge < -0.3 is 9.64 Å². The van der Waals surface area contributed by atoms with E-state index in [2.05, 4.69) is 15.3 Å². The highest BCUT2D eigenvalue weighted by Crippen LogP contribution is 2.23. The Morgan fingerprint density at radius 1 is 1.07 bits per heavy atom. The van der Waals surface area contributed by atoms with Crippen LogP contribution in [0.5, 0.6) is 5.75 Å². The minimum absolute atomic E-state index is 0.181. The Kier molecular flexibility index (Phi) is 5.24. The van der Waals surface area contributed by atoms with Crippen LogP contribution in [0.2, 0.25) is 0 Å². The first-order valence-electron chi connectivity index (χ1n) is 9.02. The molecule has 0 aliphatic carbocycles. The Morgan fingerprint density at radius 3 is 2.59 bits per heavy atom. The molecule has 0 bridgehead atoms. The number of ether oxygens (including phenoxy) is 1. The van der Waals surface area contributed by atoms with Crippen molar-refractivity contribution in [3.63, 3.8) is 0 Å². The van der Waals surface area contributed by atoms with Gasteiger partial charge in [-0.1, -0.05) is 11.8 Å². The fourth-order valence-corrected chi connectivity index (χ4v) is 3.90. The van der Waals surface area contributed by atoms with Crippen LogP contribution in [-0.4, -0.2) is 56.6 Å². The number of methoxy groups -OCH3 is 1. The first-order chi connectivity index (χ1) is 13.2. The summed E-state index contributed by atoms with van der Waals surface area (Å²) in [5.74, 6) is 2.03. The van der Waals surface area contributed by atoms with Crippen LogP contribution < -0.4 is 4.74 Å². The normalized spacial score (nSPS) is 14.5. The number of likely N-dealkylation sites (tertiary alicyclic amines) is 1. The molecule has 1 aliphatic rings. The second kappa shape index (κ2) is 7.96. The number of aromatic nitrogens is 4. The van der Waals surface area contributed by atoms with Gasteiger partial charge in [-0.05, 0) is 55.7 Å². The molecule has 0 saturated carbocycles. The predicted octanol–water partition coefficient (Wildman–Crippen LogP) is 2.90. The largest absolute Gasteiger partial charge is 0.497 e. The van der Waals surface area contributed by atoms with E-state index in [0.717, 1.165) is 42.3 Å². The minimum Gasteiger partial charge on any atom is -0.497 e. The van der Waals surface area contributed by atoms with E-state index in [1.807, 2.05) is 41.3 Å². The molecule has 1 aliphatic heterocycles. The Morgan fingerprint density at radius 2 is 1.85 bits per heavy atom. The molecular formula is C19H21N5O2S. The van der Waals surface area contributed by atoms with Crippen molar-refractivity contribution in [2.45, 2.75) is 24.3 Å². The van der Waals surface area contributed by atoms with Crippen LogP contribution in [0.15, 0.2) is 41.4 Å². The molecule has 8 heteroatoms. The molecule has 1 fully saturated rings. The van der Waals surface area contributed by atoms with E-state index in [9.17, 15) is 4.79 Å². The molecule has 7 nitrogen and oxygen atoms in total. The van der Waals surface area contributed by atoms with Crippen molar-refractivity contribution < 1.29 is 9.53 Å². The summed E-state index contributed by atoms with van der Waals surface area (Å²) in [6, 6.07) is 11.4. The van der Waals surface area contributed by atoms with Crippen molar-refractivity contribution in [1.29, 1.82) is 0 Å². The third-order valence-corrected chi connectivity index (χ3v) is 5.54. The number of nitrogens with zero attached hydrogens (tertiary/aromatic N) is 5. The number of hydrogen-bond acceptors (Lipinski definition) is 6. The molecule has 3 heterocycles. The van der Waals surface area contributed by atoms with Gasteiger partial charge in [0.05, 0.1) is 12.9 Å². The van der Waals surface area contributed by atoms with E-state index < -0.39 is 0 Å². The lowest BCUT2D eigenvalue weighted by molar-refractivity contribution is -0.129. The van der Waals surface area contributed by atoms with Crippen LogP contribution >= 0.6 is 11.8 Å². The topological polar surface area (TPSA) is 72.6 Å². The van der Waals surface area contributed by atoms with E-state index in [1.54, 1.807) is 11.6 Å². The Hall–Kier alpha value is -2.61. The molecule has 3 aromatic rings. The number of hydrogen-bond donors (Lipinski definition) is 0. The van der Waals surface area contributed by atoms with E-state index >= 15 is 0 Å². The summed E-state index contributed by atoms with van der Waals surface area (Å²) in [4.78, 5) is 14.3. The summed E-state index contributed by atoms with van der Waals surface area (Å²) in [5, 5.41) is 13.8. The third-order valence-electron chi connectivity index (χ3n) is 4.64. The van der Waals surface area contributed by atoms with Gasteiger partial charge in [-0.3, -0.25) is 4.79 Å². The first-order valence-corrected chi connectivity index (χ1v) is 10.0. The quantitative estimate of drug-likeness (QED) is 0.631. The Balaban J connectivity index is 1.51. The van der Waals surface area contributed by atoms with Crippen molar-refractivity contribution in [2.24, 2.45) is 0 Å². The van der Waals surface area contributed by atoms with E-state index in [-0.39, 0.29) is 5.91 Å². The summed E-state index contributed by atoms with van der Waals surface area (Å²) in [7, 11) is 1.64. The SMILES string of the molecule is COc1ccc(-c2nnc3ccc(SCC(=O)N4CCCCC4)nn23)cc1. The molecule has 2 aromatic heterocycles. The molecule has 0 N–H and O–H groups in total. The summed E-state index contributed by atoms with van der Waals surface area (Å²) in [6.07, 6.45) is 3.43. The van der Waals surface area contributed by atoms with Crippen LogP contribution in [0.25, 0.3) is 17.0 Å². The lowest BCUT2D eigenvalue weighted by Gasteiger charge is -2.26. The number of benzene rings is 1. The van der Waals surface area contributed by atoms with Crippen LogP contribution in [-0.2, 0) is 4.79 Å². The highest BCUT2D eigenvalue weighted by molar-refractivity contribution is 7.99. The summed E-state index contributed by atoms with van der Waals surface area (Å²) < 4.78 is 6.92. The lowest BCUT2D eigenvalue weighted by atomic mass is 10.1. The standard InChI is InChI=1S/C19H21N5O2S/c1-26-15-7-5-14(6-8-15)19-21-20-16-9-10-17(22-24(16)19)27-13-18(25)23-11-3-2-4-12-23/h5-10H,2-4,11-13H2,1H3.